The molecular formula is C38H24Cl2F8N4. The maximum Gasteiger partial charge on any atom is 0.388 e. The van der Waals surface area contributed by atoms with Crippen molar-refractivity contribution in [3.05, 3.63) is 118 Å². The van der Waals surface area contributed by atoms with E-state index in [1.165, 1.54) is 24.3 Å². The third kappa shape index (κ3) is 5.97. The molecule has 8 bridgehead atoms. The van der Waals surface area contributed by atoms with Crippen molar-refractivity contribution in [2.24, 2.45) is 0 Å². The van der Waals surface area contributed by atoms with E-state index < -0.39 is 56.2 Å². The number of alkyl halides is 10. The van der Waals surface area contributed by atoms with Gasteiger partial charge in [0.25, 0.3) is 0 Å². The van der Waals surface area contributed by atoms with Gasteiger partial charge in [-0.1, -0.05) is 59.7 Å². The average Bonchev–Trinajstić information content (AvgIpc) is 3.87. The first-order valence-corrected chi connectivity index (χ1v) is 16.3. The van der Waals surface area contributed by atoms with Crippen molar-refractivity contribution >= 4 is 69.6 Å². The van der Waals surface area contributed by atoms with Gasteiger partial charge in [0.2, 0.25) is 0 Å². The third-order valence-electron chi connectivity index (χ3n) is 8.71. The molecule has 4 nitrogen and oxygen atoms in total. The number of aryl methyl sites for hydroxylation is 2. The molecule has 52 heavy (non-hydrogen) atoms. The zero-order valence-corrected chi connectivity index (χ0v) is 28.4. The molecule has 3 aromatic heterocycles. The van der Waals surface area contributed by atoms with Crippen LogP contribution in [-0.2, 0) is 11.8 Å². The molecule has 266 valence electrons. The van der Waals surface area contributed by atoms with Crippen LogP contribution in [0.3, 0.4) is 0 Å². The predicted octanol–water partition coefficient (Wildman–Crippen LogP) is 12.5. The van der Waals surface area contributed by atoms with Crippen LogP contribution in [0.2, 0.25) is 0 Å². The van der Waals surface area contributed by atoms with Crippen molar-refractivity contribution in [3.8, 4) is 22.3 Å². The van der Waals surface area contributed by atoms with Crippen LogP contribution in [0.25, 0.3) is 68.6 Å². The Hall–Kier alpha value is -4.94. The molecule has 14 heteroatoms. The Bertz CT molecular complexity index is 2360. The number of rotatable bonds is 6. The quantitative estimate of drug-likeness (QED) is 0.131. The fourth-order valence-electron chi connectivity index (χ4n) is 6.36. The van der Waals surface area contributed by atoms with Crippen molar-refractivity contribution in [1.82, 2.24) is 19.9 Å². The van der Waals surface area contributed by atoms with Gasteiger partial charge in [0.1, 0.15) is 0 Å². The van der Waals surface area contributed by atoms with Gasteiger partial charge in [-0.25, -0.2) is 9.97 Å². The summed E-state index contributed by atoms with van der Waals surface area (Å²) in [7, 11) is 0. The molecular weight excluding hydrogens is 735 g/mol. The van der Waals surface area contributed by atoms with Crippen LogP contribution in [0, 0.1) is 13.8 Å². The normalized spacial score (nSPS) is 13.6. The lowest BCUT2D eigenvalue weighted by Crippen LogP contribution is -2.33. The van der Waals surface area contributed by atoms with Crippen molar-refractivity contribution in [2.45, 2.75) is 36.5 Å². The number of fused-ring (bicyclic) bond motifs is 8. The van der Waals surface area contributed by atoms with E-state index in [4.69, 9.17) is 23.2 Å². The van der Waals surface area contributed by atoms with Gasteiger partial charge in [0, 0.05) is 22.2 Å². The van der Waals surface area contributed by atoms with Gasteiger partial charge in [0.05, 0.1) is 44.9 Å². The van der Waals surface area contributed by atoms with E-state index in [9.17, 15) is 17.6 Å². The Morgan fingerprint density at radius 1 is 0.481 bits per heavy atom. The molecule has 2 aliphatic rings. The zero-order valence-electron chi connectivity index (χ0n) is 26.9. The molecule has 2 aliphatic heterocycles. The summed E-state index contributed by atoms with van der Waals surface area (Å²) in [6.07, 6.45) is 4.75. The molecule has 0 saturated carbocycles. The van der Waals surface area contributed by atoms with Crippen LogP contribution >= 0.6 is 23.2 Å². The van der Waals surface area contributed by atoms with Gasteiger partial charge in [-0.3, -0.25) is 0 Å². The Balaban J connectivity index is 1.74. The highest BCUT2D eigenvalue weighted by molar-refractivity contribution is 6.22. The largest absolute Gasteiger partial charge is 0.388 e. The second kappa shape index (κ2) is 12.3. The van der Waals surface area contributed by atoms with E-state index >= 15 is 17.6 Å². The summed E-state index contributed by atoms with van der Waals surface area (Å²) in [6, 6.07) is 18.4. The highest BCUT2D eigenvalue weighted by atomic mass is 35.5. The minimum absolute atomic E-state index is 0.0551. The van der Waals surface area contributed by atoms with Gasteiger partial charge < -0.3 is 9.97 Å². The fraction of sp³-hybridized carbons (Fsp3) is 0.158. The van der Waals surface area contributed by atoms with Crippen molar-refractivity contribution < 1.29 is 35.1 Å². The molecule has 0 fully saturated rings. The maximum atomic E-state index is 15.8. The average molecular weight is 760 g/mol. The molecule has 0 atom stereocenters. The van der Waals surface area contributed by atoms with E-state index in [0.717, 1.165) is 35.4 Å². The molecule has 5 aromatic rings. The molecule has 2 aromatic carbocycles. The Kier molecular flexibility index (Phi) is 8.41. The number of nitrogens with one attached hydrogen (secondary N) is 2. The SMILES string of the molecule is Cc1cccc(-c2c3nc(c(C(F)(F)C(F)(F)Cl)c4ccc([nH]4)c(-c4cccc(C)c4)c4ccc([nH]4)c(C(F)(F)C(F)(F)Cl)c4nc2C=C4)C=C3)c1. The Labute approximate surface area is 300 Å². The first kappa shape index (κ1) is 35.5. The molecule has 0 spiro atoms. The summed E-state index contributed by atoms with van der Waals surface area (Å²) < 4.78 is 122. The first-order chi connectivity index (χ1) is 24.4. The van der Waals surface area contributed by atoms with Gasteiger partial charge in [-0.05, 0) is 96.7 Å². The second-order valence-corrected chi connectivity index (χ2v) is 13.3. The van der Waals surface area contributed by atoms with Gasteiger partial charge >= 0.3 is 22.6 Å². The molecule has 0 aliphatic carbocycles. The minimum atomic E-state index is -5.06. The van der Waals surface area contributed by atoms with Crippen LogP contribution < -0.4 is 0 Å². The van der Waals surface area contributed by atoms with Crippen molar-refractivity contribution in [3.63, 3.8) is 0 Å². The molecule has 0 saturated heterocycles. The highest BCUT2D eigenvalue weighted by Gasteiger charge is 2.59. The Morgan fingerprint density at radius 3 is 1.23 bits per heavy atom. The molecule has 0 radical (unpaired) electrons. The van der Waals surface area contributed by atoms with Crippen molar-refractivity contribution in [2.75, 3.05) is 0 Å². The summed E-state index contributed by atoms with van der Waals surface area (Å²) >= 11 is 10.1. The monoisotopic (exact) mass is 758 g/mol. The van der Waals surface area contributed by atoms with Crippen LogP contribution in [0.5, 0.6) is 0 Å². The first-order valence-electron chi connectivity index (χ1n) is 15.6. The topological polar surface area (TPSA) is 57.4 Å². The number of hydrogen-bond acceptors (Lipinski definition) is 2. The van der Waals surface area contributed by atoms with Gasteiger partial charge in [-0.2, -0.15) is 35.1 Å². The number of nitrogens with zero attached hydrogens (tertiary/aromatic N) is 2. The lowest BCUT2D eigenvalue weighted by Gasteiger charge is -2.22. The van der Waals surface area contributed by atoms with E-state index in [-0.39, 0.29) is 33.5 Å². The lowest BCUT2D eigenvalue weighted by atomic mass is 10.0. The van der Waals surface area contributed by atoms with E-state index in [1.807, 2.05) is 0 Å². The van der Waals surface area contributed by atoms with E-state index in [0.29, 0.717) is 11.1 Å². The molecule has 0 amide bonds. The molecule has 2 N–H and O–H groups in total. The van der Waals surface area contributed by atoms with Gasteiger partial charge in [0.15, 0.2) is 0 Å². The summed E-state index contributed by atoms with van der Waals surface area (Å²) in [6.45, 7) is 3.52. The fourth-order valence-corrected chi connectivity index (χ4v) is 6.55. The lowest BCUT2D eigenvalue weighted by molar-refractivity contribution is -0.163. The molecule has 5 heterocycles. The molecule has 0 unspecified atom stereocenters. The van der Waals surface area contributed by atoms with Crippen molar-refractivity contribution in [1.29, 1.82) is 0 Å². The van der Waals surface area contributed by atoms with Crippen LogP contribution in [0.1, 0.15) is 45.0 Å². The second-order valence-electron chi connectivity index (χ2n) is 12.4. The van der Waals surface area contributed by atoms with E-state index in [1.54, 1.807) is 62.4 Å². The number of hydrogen-bond donors (Lipinski definition) is 2. The highest BCUT2D eigenvalue weighted by Crippen LogP contribution is 2.50. The number of H-pyrrole nitrogens is 2. The van der Waals surface area contributed by atoms with Gasteiger partial charge in [-0.15, -0.1) is 0 Å². The predicted molar refractivity (Wildman–Crippen MR) is 189 cm³/mol. The standard InChI is InChI=1S/C38H24Cl2F8N4/c1-19-5-3-7-21(17-19)31-23-9-13-27(49-23)33(35(41,42)37(39,45)46)29-15-11-25(51-29)32(22-8-4-6-20(2)18-22)26-12-16-30(52-26)34(28-14-10-24(31)50-28)36(43,44)38(40,47)48/h3-18,49-50H,1-2H3. The number of halogens is 10. The number of aromatic amines is 2. The Morgan fingerprint density at radius 2 is 0.846 bits per heavy atom. The summed E-state index contributed by atoms with van der Waals surface area (Å²) in [5.41, 5.74) is -1.84. The maximum absolute atomic E-state index is 15.8. The number of benzene rings is 2. The summed E-state index contributed by atoms with van der Waals surface area (Å²) in [5, 5.41) is -10.1. The van der Waals surface area contributed by atoms with Crippen LogP contribution in [0.15, 0.2) is 72.8 Å². The van der Waals surface area contributed by atoms with Crippen LogP contribution in [0.4, 0.5) is 35.1 Å². The smallest absolute Gasteiger partial charge is 0.354 e. The number of aromatic nitrogens is 4. The molecule has 7 rings (SSSR count). The summed E-state index contributed by atoms with van der Waals surface area (Å²) in [5.74, 6) is -9.94. The van der Waals surface area contributed by atoms with E-state index in [2.05, 4.69) is 19.9 Å². The van der Waals surface area contributed by atoms with Crippen LogP contribution in [-0.4, -0.2) is 30.7 Å². The zero-order chi connectivity index (χ0) is 37.4. The summed E-state index contributed by atoms with van der Waals surface area (Å²) in [4.78, 5) is 14.3. The third-order valence-corrected chi connectivity index (χ3v) is 9.18. The minimum Gasteiger partial charge on any atom is -0.354 e.